The summed E-state index contributed by atoms with van der Waals surface area (Å²) in [6.45, 7) is 3.22. The van der Waals surface area contributed by atoms with Crippen LogP contribution in [0.5, 0.6) is 5.75 Å². The Kier molecular flexibility index (Phi) is 6.96. The lowest BCUT2D eigenvalue weighted by molar-refractivity contribution is -0.123. The molecule has 2 aliphatic carbocycles. The van der Waals surface area contributed by atoms with Gasteiger partial charge in [-0.25, -0.2) is 4.39 Å². The van der Waals surface area contributed by atoms with Gasteiger partial charge in [0.1, 0.15) is 17.7 Å². The number of carbonyl (C=O) groups is 1. The number of likely N-dealkylation sites (tertiary alicyclic amines) is 1. The minimum Gasteiger partial charge on any atom is -0.489 e. The number of nitrogens with one attached hydrogen (secondary N) is 1. The van der Waals surface area contributed by atoms with Gasteiger partial charge in [0.2, 0.25) is 5.91 Å². The zero-order chi connectivity index (χ0) is 20.2. The number of benzene rings is 1. The number of hydrogen-bond donors (Lipinski definition) is 1. The summed E-state index contributed by atoms with van der Waals surface area (Å²) in [6.07, 6.45) is 10.3. The van der Waals surface area contributed by atoms with Crippen LogP contribution in [0.3, 0.4) is 0 Å². The van der Waals surface area contributed by atoms with Crippen molar-refractivity contribution < 1.29 is 13.9 Å². The van der Waals surface area contributed by atoms with Crippen LogP contribution in [0.15, 0.2) is 18.2 Å². The Hall–Kier alpha value is -1.33. The number of carbonyl (C=O) groups excluding carboxylic acids is 1. The maximum absolute atomic E-state index is 13.2. The van der Waals surface area contributed by atoms with Crippen LogP contribution < -0.4 is 10.1 Å². The van der Waals surface area contributed by atoms with E-state index in [2.05, 4.69) is 10.2 Å². The second-order valence-electron chi connectivity index (χ2n) is 9.02. The molecule has 0 aromatic heterocycles. The number of rotatable bonds is 7. The Morgan fingerprint density at radius 3 is 2.48 bits per heavy atom. The highest BCUT2D eigenvalue weighted by Crippen LogP contribution is 2.32. The topological polar surface area (TPSA) is 41.6 Å². The molecule has 0 spiro atoms. The summed E-state index contributed by atoms with van der Waals surface area (Å²) in [4.78, 5) is 14.4. The number of halogens is 2. The highest BCUT2D eigenvalue weighted by atomic mass is 35.5. The van der Waals surface area contributed by atoms with Crippen molar-refractivity contribution in [2.24, 2.45) is 11.8 Å². The maximum atomic E-state index is 13.2. The Morgan fingerprint density at radius 2 is 1.83 bits per heavy atom. The summed E-state index contributed by atoms with van der Waals surface area (Å²) in [5.41, 5.74) is 0. The molecule has 1 aromatic rings. The molecule has 160 valence electrons. The Balaban J connectivity index is 1.11. The summed E-state index contributed by atoms with van der Waals surface area (Å²) in [6, 6.07) is 4.72. The molecular weight excluding hydrogens is 391 g/mol. The predicted octanol–water partition coefficient (Wildman–Crippen LogP) is 4.80. The number of amides is 1. The van der Waals surface area contributed by atoms with Gasteiger partial charge in [0.25, 0.3) is 0 Å². The van der Waals surface area contributed by atoms with Crippen molar-refractivity contribution in [1.29, 1.82) is 0 Å². The van der Waals surface area contributed by atoms with Crippen molar-refractivity contribution in [3.05, 3.63) is 29.0 Å². The largest absolute Gasteiger partial charge is 0.489 e. The molecule has 0 radical (unpaired) electrons. The van der Waals surface area contributed by atoms with Crippen LogP contribution in [0.2, 0.25) is 5.02 Å². The molecule has 1 aliphatic heterocycles. The fourth-order valence-electron chi connectivity index (χ4n) is 4.63. The average Bonchev–Trinajstić information content (AvgIpc) is 3.56. The summed E-state index contributed by atoms with van der Waals surface area (Å²) in [7, 11) is 0. The first-order valence-corrected chi connectivity index (χ1v) is 11.6. The van der Waals surface area contributed by atoms with E-state index in [1.807, 2.05) is 0 Å². The Morgan fingerprint density at radius 1 is 1.10 bits per heavy atom. The molecule has 29 heavy (non-hydrogen) atoms. The quantitative estimate of drug-likeness (QED) is 0.686. The van der Waals surface area contributed by atoms with Crippen molar-refractivity contribution in [2.75, 3.05) is 19.6 Å². The highest BCUT2D eigenvalue weighted by molar-refractivity contribution is 6.32. The lowest BCUT2D eigenvalue weighted by atomic mass is 9.84. The number of hydrogen-bond acceptors (Lipinski definition) is 3. The number of ether oxygens (including phenoxy) is 1. The lowest BCUT2D eigenvalue weighted by Gasteiger charge is -2.34. The standard InChI is InChI=1S/C23H32ClFN2O2/c24-21-15-18(25)5-8-22(21)29-20-10-13-27(14-11-20)12-9-16-1-6-19(7-2-16)26-23(28)17-3-4-17/h5,8,15-17,19-20H,1-4,6-7,9-14H2,(H,26,28)/t16-,19-. The van der Waals surface area contributed by atoms with Gasteiger partial charge < -0.3 is 15.0 Å². The van der Waals surface area contributed by atoms with E-state index < -0.39 is 0 Å². The predicted molar refractivity (Wildman–Crippen MR) is 113 cm³/mol. The normalized spacial score (nSPS) is 26.3. The van der Waals surface area contributed by atoms with Gasteiger partial charge >= 0.3 is 0 Å². The minimum atomic E-state index is -0.337. The van der Waals surface area contributed by atoms with Crippen molar-refractivity contribution >= 4 is 17.5 Å². The van der Waals surface area contributed by atoms with Crippen LogP contribution in [0.4, 0.5) is 4.39 Å². The second-order valence-corrected chi connectivity index (χ2v) is 9.43. The van der Waals surface area contributed by atoms with Crippen LogP contribution in [0, 0.1) is 17.7 Å². The van der Waals surface area contributed by atoms with Gasteiger partial charge in [0.05, 0.1) is 5.02 Å². The Labute approximate surface area is 178 Å². The zero-order valence-corrected chi connectivity index (χ0v) is 17.8. The third-order valence-corrected chi connectivity index (χ3v) is 7.01. The monoisotopic (exact) mass is 422 g/mol. The van der Waals surface area contributed by atoms with Crippen molar-refractivity contribution in [1.82, 2.24) is 10.2 Å². The van der Waals surface area contributed by atoms with E-state index in [1.165, 1.54) is 31.4 Å². The van der Waals surface area contributed by atoms with Gasteiger partial charge in [-0.05, 0) is 88.4 Å². The number of nitrogens with zero attached hydrogens (tertiary/aromatic N) is 1. The van der Waals surface area contributed by atoms with Gasteiger partial charge in [0.15, 0.2) is 0 Å². The van der Waals surface area contributed by atoms with E-state index in [0.717, 1.165) is 64.1 Å². The van der Waals surface area contributed by atoms with E-state index in [-0.39, 0.29) is 11.9 Å². The molecule has 1 saturated heterocycles. The molecule has 1 heterocycles. The van der Waals surface area contributed by atoms with Gasteiger partial charge in [-0.15, -0.1) is 0 Å². The molecule has 4 rings (SSSR count). The van der Waals surface area contributed by atoms with Crippen LogP contribution >= 0.6 is 11.6 Å². The van der Waals surface area contributed by atoms with E-state index in [9.17, 15) is 9.18 Å². The van der Waals surface area contributed by atoms with E-state index in [1.54, 1.807) is 6.07 Å². The average molecular weight is 423 g/mol. The third kappa shape index (κ3) is 6.08. The van der Waals surface area contributed by atoms with Crippen LogP contribution in [-0.2, 0) is 4.79 Å². The fourth-order valence-corrected chi connectivity index (χ4v) is 4.84. The van der Waals surface area contributed by atoms with Gasteiger partial charge in [0, 0.05) is 25.0 Å². The van der Waals surface area contributed by atoms with E-state index >= 15 is 0 Å². The Bertz CT molecular complexity index is 696. The van der Waals surface area contributed by atoms with Crippen LogP contribution in [0.1, 0.15) is 57.8 Å². The van der Waals surface area contributed by atoms with Crippen molar-refractivity contribution in [2.45, 2.75) is 69.9 Å². The smallest absolute Gasteiger partial charge is 0.223 e. The highest BCUT2D eigenvalue weighted by Gasteiger charge is 2.32. The summed E-state index contributed by atoms with van der Waals surface area (Å²) in [5, 5.41) is 3.59. The second kappa shape index (κ2) is 9.65. The molecule has 1 aromatic carbocycles. The lowest BCUT2D eigenvalue weighted by Crippen LogP contribution is -2.40. The molecule has 3 fully saturated rings. The zero-order valence-electron chi connectivity index (χ0n) is 17.0. The van der Waals surface area contributed by atoms with Crippen LogP contribution in [0.25, 0.3) is 0 Å². The van der Waals surface area contributed by atoms with E-state index in [4.69, 9.17) is 16.3 Å². The number of piperidine rings is 1. The fraction of sp³-hybridized carbons (Fsp3) is 0.696. The maximum Gasteiger partial charge on any atom is 0.223 e. The molecule has 3 aliphatic rings. The molecule has 2 saturated carbocycles. The summed E-state index contributed by atoms with van der Waals surface area (Å²) in [5.74, 6) is 1.64. The summed E-state index contributed by atoms with van der Waals surface area (Å²) < 4.78 is 19.2. The molecule has 0 bridgehead atoms. The van der Waals surface area contributed by atoms with Crippen molar-refractivity contribution in [3.8, 4) is 5.75 Å². The van der Waals surface area contributed by atoms with E-state index in [0.29, 0.717) is 28.6 Å². The molecule has 1 amide bonds. The van der Waals surface area contributed by atoms with Gasteiger partial charge in [-0.3, -0.25) is 4.79 Å². The molecule has 0 atom stereocenters. The molecule has 0 unspecified atom stereocenters. The first-order valence-electron chi connectivity index (χ1n) is 11.2. The third-order valence-electron chi connectivity index (χ3n) is 6.72. The first-order chi connectivity index (χ1) is 14.1. The first kappa shape index (κ1) is 20.9. The van der Waals surface area contributed by atoms with Gasteiger partial charge in [-0.1, -0.05) is 11.6 Å². The SMILES string of the molecule is O=C(N[C@H]1CC[C@H](CCN2CCC(Oc3ccc(F)cc3Cl)CC2)CC1)C1CC1. The molecule has 1 N–H and O–H groups in total. The molecular formula is C23H32ClFN2O2. The van der Waals surface area contributed by atoms with Gasteiger partial charge in [-0.2, -0.15) is 0 Å². The molecule has 6 heteroatoms. The van der Waals surface area contributed by atoms with Crippen molar-refractivity contribution in [3.63, 3.8) is 0 Å². The molecule has 4 nitrogen and oxygen atoms in total. The minimum absolute atomic E-state index is 0.153. The summed E-state index contributed by atoms with van der Waals surface area (Å²) >= 11 is 6.07. The van der Waals surface area contributed by atoms with Crippen LogP contribution in [-0.4, -0.2) is 42.6 Å².